The molecule has 13 heavy (non-hydrogen) atoms. The Hall–Kier alpha value is -0.260. The van der Waals surface area contributed by atoms with E-state index in [4.69, 9.17) is 0 Å². The van der Waals surface area contributed by atoms with Crippen molar-refractivity contribution in [3.8, 4) is 0 Å². The van der Waals surface area contributed by atoms with Crippen molar-refractivity contribution in [1.29, 1.82) is 0 Å². The molecule has 0 N–H and O–H groups in total. The van der Waals surface area contributed by atoms with E-state index in [1.165, 1.54) is 38.5 Å². The van der Waals surface area contributed by atoms with Crippen molar-refractivity contribution in [2.75, 3.05) is 0 Å². The maximum absolute atomic E-state index is 2.48. The Balaban J connectivity index is 1.90. The van der Waals surface area contributed by atoms with Crippen molar-refractivity contribution >= 4 is 0 Å². The summed E-state index contributed by atoms with van der Waals surface area (Å²) in [7, 11) is 0. The second kappa shape index (κ2) is 3.48. The molecule has 2 rings (SSSR count). The Bertz CT molecular complexity index is 196. The molecule has 1 unspecified atom stereocenters. The van der Waals surface area contributed by atoms with Crippen molar-refractivity contribution in [3.63, 3.8) is 0 Å². The van der Waals surface area contributed by atoms with Crippen molar-refractivity contribution in [3.05, 3.63) is 12.2 Å². The molecule has 2 aliphatic rings. The first-order chi connectivity index (χ1) is 6.23. The topological polar surface area (TPSA) is 0 Å². The van der Waals surface area contributed by atoms with Gasteiger partial charge in [0, 0.05) is 0 Å². The van der Waals surface area contributed by atoms with Crippen molar-refractivity contribution in [2.45, 2.75) is 52.4 Å². The summed E-state index contributed by atoms with van der Waals surface area (Å²) in [6.07, 6.45) is 13.5. The van der Waals surface area contributed by atoms with Gasteiger partial charge in [0.1, 0.15) is 0 Å². The maximum Gasteiger partial charge on any atom is -0.0228 e. The monoisotopic (exact) mass is 178 g/mol. The van der Waals surface area contributed by atoms with Crippen LogP contribution in [-0.2, 0) is 0 Å². The van der Waals surface area contributed by atoms with Gasteiger partial charge in [-0.2, -0.15) is 0 Å². The highest BCUT2D eigenvalue weighted by Gasteiger charge is 2.45. The van der Waals surface area contributed by atoms with Gasteiger partial charge in [0.15, 0.2) is 0 Å². The van der Waals surface area contributed by atoms with Crippen LogP contribution in [0, 0.1) is 17.3 Å². The fourth-order valence-corrected chi connectivity index (χ4v) is 2.75. The minimum Gasteiger partial charge on any atom is -0.0883 e. The van der Waals surface area contributed by atoms with Gasteiger partial charge in [0.2, 0.25) is 0 Å². The van der Waals surface area contributed by atoms with Gasteiger partial charge in [-0.1, -0.05) is 26.0 Å². The summed E-state index contributed by atoms with van der Waals surface area (Å²) in [4.78, 5) is 0. The van der Waals surface area contributed by atoms with Gasteiger partial charge < -0.3 is 0 Å². The van der Waals surface area contributed by atoms with E-state index in [-0.39, 0.29) is 0 Å². The van der Waals surface area contributed by atoms with Crippen LogP contribution in [0.3, 0.4) is 0 Å². The van der Waals surface area contributed by atoms with E-state index < -0.39 is 0 Å². The lowest BCUT2D eigenvalue weighted by molar-refractivity contribution is 0.284. The van der Waals surface area contributed by atoms with Crippen LogP contribution < -0.4 is 0 Å². The predicted octanol–water partition coefficient (Wildman–Crippen LogP) is 4.17. The zero-order valence-corrected chi connectivity index (χ0v) is 9.05. The van der Waals surface area contributed by atoms with E-state index in [0.717, 1.165) is 17.3 Å². The van der Waals surface area contributed by atoms with Crippen molar-refractivity contribution in [2.24, 2.45) is 17.3 Å². The van der Waals surface area contributed by atoms with Crippen LogP contribution in [0.2, 0.25) is 0 Å². The summed E-state index contributed by atoms with van der Waals surface area (Å²) in [5.41, 5.74) is 0.756. The molecule has 0 bridgehead atoms. The lowest BCUT2D eigenvalue weighted by Gasteiger charge is -2.25. The van der Waals surface area contributed by atoms with E-state index >= 15 is 0 Å². The van der Waals surface area contributed by atoms with Gasteiger partial charge in [0.05, 0.1) is 0 Å². The van der Waals surface area contributed by atoms with Gasteiger partial charge >= 0.3 is 0 Å². The van der Waals surface area contributed by atoms with Crippen LogP contribution in [0.1, 0.15) is 52.4 Å². The van der Waals surface area contributed by atoms with E-state index in [9.17, 15) is 0 Å². The molecule has 0 aliphatic heterocycles. The molecule has 0 aromatic rings. The van der Waals surface area contributed by atoms with Crippen LogP contribution in [0.5, 0.6) is 0 Å². The molecule has 1 saturated carbocycles. The second-order valence-corrected chi connectivity index (χ2v) is 5.34. The molecule has 1 fully saturated rings. The summed E-state index contributed by atoms with van der Waals surface area (Å²) in [6, 6.07) is 0. The van der Waals surface area contributed by atoms with Crippen LogP contribution in [0.25, 0.3) is 0 Å². The van der Waals surface area contributed by atoms with Gasteiger partial charge in [-0.3, -0.25) is 0 Å². The van der Waals surface area contributed by atoms with Gasteiger partial charge in [-0.25, -0.2) is 0 Å². The van der Waals surface area contributed by atoms with E-state index in [1.807, 2.05) is 0 Å². The SMILES string of the molecule is CC(C)C1(CC2C=CCCC2)CC1. The number of rotatable bonds is 3. The molecule has 0 heterocycles. The smallest absolute Gasteiger partial charge is 0.0228 e. The third-order valence-corrected chi connectivity index (χ3v) is 4.14. The van der Waals surface area contributed by atoms with Crippen LogP contribution in [0.4, 0.5) is 0 Å². The number of allylic oxidation sites excluding steroid dienone is 2. The fraction of sp³-hybridized carbons (Fsp3) is 0.846. The lowest BCUT2D eigenvalue weighted by Crippen LogP contribution is -2.15. The molecule has 0 heteroatoms. The highest BCUT2D eigenvalue weighted by Crippen LogP contribution is 2.56. The predicted molar refractivity (Wildman–Crippen MR) is 57.6 cm³/mol. The Morgan fingerprint density at radius 2 is 2.15 bits per heavy atom. The number of hydrogen-bond acceptors (Lipinski definition) is 0. The van der Waals surface area contributed by atoms with Crippen molar-refractivity contribution < 1.29 is 0 Å². The Labute approximate surface area is 82.4 Å². The first kappa shape index (κ1) is 9.30. The summed E-state index contributed by atoms with van der Waals surface area (Å²) in [5, 5.41) is 0. The minimum atomic E-state index is 0.756. The largest absolute Gasteiger partial charge is 0.0883 e. The average molecular weight is 178 g/mol. The molecule has 0 saturated heterocycles. The van der Waals surface area contributed by atoms with E-state index in [0.29, 0.717) is 0 Å². The molecule has 74 valence electrons. The van der Waals surface area contributed by atoms with Crippen LogP contribution >= 0.6 is 0 Å². The van der Waals surface area contributed by atoms with Gasteiger partial charge in [-0.15, -0.1) is 0 Å². The molecule has 0 radical (unpaired) electrons. The Kier molecular flexibility index (Phi) is 2.49. The highest BCUT2D eigenvalue weighted by atomic mass is 14.5. The zero-order chi connectivity index (χ0) is 9.31. The zero-order valence-electron chi connectivity index (χ0n) is 9.05. The van der Waals surface area contributed by atoms with E-state index in [1.54, 1.807) is 0 Å². The van der Waals surface area contributed by atoms with Gasteiger partial charge in [-0.05, 0) is 55.8 Å². The van der Waals surface area contributed by atoms with Crippen LogP contribution in [-0.4, -0.2) is 0 Å². The summed E-state index contributed by atoms with van der Waals surface area (Å²) in [5.74, 6) is 1.82. The molecule has 0 aromatic heterocycles. The normalized spacial score (nSPS) is 30.8. The van der Waals surface area contributed by atoms with E-state index in [2.05, 4.69) is 26.0 Å². The third-order valence-electron chi connectivity index (χ3n) is 4.14. The molecule has 0 amide bonds. The van der Waals surface area contributed by atoms with Crippen molar-refractivity contribution in [1.82, 2.24) is 0 Å². The van der Waals surface area contributed by atoms with Crippen LogP contribution in [0.15, 0.2) is 12.2 Å². The molecule has 0 aromatic carbocycles. The average Bonchev–Trinajstić information content (AvgIpc) is 2.87. The maximum atomic E-state index is 2.48. The molecule has 0 spiro atoms. The number of hydrogen-bond donors (Lipinski definition) is 0. The molecule has 0 nitrogen and oxygen atoms in total. The lowest BCUT2D eigenvalue weighted by atomic mass is 9.80. The highest BCUT2D eigenvalue weighted by molar-refractivity contribution is 5.02. The summed E-state index contributed by atoms with van der Waals surface area (Å²) >= 11 is 0. The standard InChI is InChI=1S/C13H22/c1-11(2)13(8-9-13)10-12-6-4-3-5-7-12/h4,6,11-12H,3,5,7-10H2,1-2H3. The minimum absolute atomic E-state index is 0.756. The molecule has 2 aliphatic carbocycles. The fourth-order valence-electron chi connectivity index (χ4n) is 2.75. The summed E-state index contributed by atoms with van der Waals surface area (Å²) in [6.45, 7) is 4.80. The quantitative estimate of drug-likeness (QED) is 0.569. The first-order valence-corrected chi connectivity index (χ1v) is 5.90. The molecular weight excluding hydrogens is 156 g/mol. The Morgan fingerprint density at radius 1 is 1.38 bits per heavy atom. The first-order valence-electron chi connectivity index (χ1n) is 5.90. The Morgan fingerprint density at radius 3 is 2.62 bits per heavy atom. The summed E-state index contributed by atoms with van der Waals surface area (Å²) < 4.78 is 0. The van der Waals surface area contributed by atoms with Gasteiger partial charge in [0.25, 0.3) is 0 Å². The molecular formula is C13H22. The third kappa shape index (κ3) is 1.98. The molecule has 1 atom stereocenters. The second-order valence-electron chi connectivity index (χ2n) is 5.34.